The van der Waals surface area contributed by atoms with Crippen molar-refractivity contribution in [3.8, 4) is 5.75 Å². The highest BCUT2D eigenvalue weighted by molar-refractivity contribution is 9.10. The number of halogens is 2. The standard InChI is InChI=1S/C14H21BrN2O3S.ClH/c1-3-8-17(11-6-7-16-10-11)21(18,19)12-4-5-14(20-2)13(15)9-12;/h4-5,9,11,16H,3,6-8,10H2,1-2H3;1H. The number of methoxy groups -OCH3 is 1. The van der Waals surface area contributed by atoms with Gasteiger partial charge in [0.15, 0.2) is 0 Å². The van der Waals surface area contributed by atoms with Gasteiger partial charge in [-0.05, 0) is 53.5 Å². The molecule has 0 aliphatic carbocycles. The van der Waals surface area contributed by atoms with E-state index in [-0.39, 0.29) is 18.4 Å². The molecule has 1 aromatic carbocycles. The Morgan fingerprint density at radius 3 is 2.68 bits per heavy atom. The lowest BCUT2D eigenvalue weighted by Crippen LogP contribution is -2.42. The number of nitrogens with one attached hydrogen (secondary N) is 1. The van der Waals surface area contributed by atoms with Crippen molar-refractivity contribution in [1.29, 1.82) is 0 Å². The highest BCUT2D eigenvalue weighted by Gasteiger charge is 2.32. The van der Waals surface area contributed by atoms with Crippen LogP contribution in [0.15, 0.2) is 27.6 Å². The minimum absolute atomic E-state index is 0. The lowest BCUT2D eigenvalue weighted by atomic mass is 10.2. The van der Waals surface area contributed by atoms with Gasteiger partial charge in [-0.3, -0.25) is 0 Å². The molecule has 1 atom stereocenters. The van der Waals surface area contributed by atoms with E-state index in [2.05, 4.69) is 21.2 Å². The summed E-state index contributed by atoms with van der Waals surface area (Å²) in [6.07, 6.45) is 1.66. The van der Waals surface area contributed by atoms with E-state index in [1.807, 2.05) is 6.92 Å². The van der Waals surface area contributed by atoms with Gasteiger partial charge >= 0.3 is 0 Å². The maximum atomic E-state index is 12.9. The first-order chi connectivity index (χ1) is 10.0. The van der Waals surface area contributed by atoms with E-state index < -0.39 is 10.0 Å². The Morgan fingerprint density at radius 2 is 2.18 bits per heavy atom. The van der Waals surface area contributed by atoms with Crippen LogP contribution in [0.1, 0.15) is 19.8 Å². The number of hydrogen-bond donors (Lipinski definition) is 1. The fraction of sp³-hybridized carbons (Fsp3) is 0.571. The Hall–Kier alpha value is -0.340. The molecule has 0 amide bonds. The van der Waals surface area contributed by atoms with Crippen LogP contribution in [0.3, 0.4) is 0 Å². The van der Waals surface area contributed by atoms with Crippen LogP contribution < -0.4 is 10.1 Å². The zero-order chi connectivity index (χ0) is 15.5. The van der Waals surface area contributed by atoms with E-state index in [1.54, 1.807) is 29.6 Å². The molecule has 126 valence electrons. The van der Waals surface area contributed by atoms with Crippen molar-refractivity contribution < 1.29 is 13.2 Å². The second-order valence-corrected chi connectivity index (χ2v) is 7.80. The summed E-state index contributed by atoms with van der Waals surface area (Å²) in [6.45, 7) is 4.12. The summed E-state index contributed by atoms with van der Waals surface area (Å²) < 4.78 is 33.2. The third kappa shape index (κ3) is 4.14. The monoisotopic (exact) mass is 412 g/mol. The molecule has 0 spiro atoms. The zero-order valence-electron chi connectivity index (χ0n) is 12.7. The first-order valence-corrected chi connectivity index (χ1v) is 9.30. The molecule has 1 N–H and O–H groups in total. The Kier molecular flexibility index (Phi) is 7.61. The van der Waals surface area contributed by atoms with Crippen molar-refractivity contribution in [2.45, 2.75) is 30.7 Å². The predicted molar refractivity (Wildman–Crippen MR) is 93.4 cm³/mol. The predicted octanol–water partition coefficient (Wildman–Crippen LogP) is 2.64. The van der Waals surface area contributed by atoms with Crippen molar-refractivity contribution in [1.82, 2.24) is 9.62 Å². The molecule has 1 unspecified atom stereocenters. The van der Waals surface area contributed by atoms with Crippen molar-refractivity contribution in [2.75, 3.05) is 26.7 Å². The van der Waals surface area contributed by atoms with Crippen LogP contribution in [0.2, 0.25) is 0 Å². The molecule has 0 aromatic heterocycles. The minimum atomic E-state index is -3.49. The molecule has 22 heavy (non-hydrogen) atoms. The third-order valence-electron chi connectivity index (χ3n) is 3.62. The maximum Gasteiger partial charge on any atom is 0.243 e. The van der Waals surface area contributed by atoms with Crippen LogP contribution >= 0.6 is 28.3 Å². The summed E-state index contributed by atoms with van der Waals surface area (Å²) >= 11 is 3.35. The molecule has 8 heteroatoms. The van der Waals surface area contributed by atoms with E-state index in [0.29, 0.717) is 21.7 Å². The first-order valence-electron chi connectivity index (χ1n) is 7.06. The topological polar surface area (TPSA) is 58.6 Å². The average Bonchev–Trinajstić information content (AvgIpc) is 2.98. The molecule has 1 saturated heterocycles. The molecule has 0 bridgehead atoms. The van der Waals surface area contributed by atoms with Gasteiger partial charge in [0, 0.05) is 19.1 Å². The number of nitrogens with zero attached hydrogens (tertiary/aromatic N) is 1. The van der Waals surface area contributed by atoms with Gasteiger partial charge in [0.25, 0.3) is 0 Å². The molecule has 1 fully saturated rings. The van der Waals surface area contributed by atoms with Gasteiger partial charge in [0.1, 0.15) is 5.75 Å². The van der Waals surface area contributed by atoms with Gasteiger partial charge in [-0.15, -0.1) is 12.4 Å². The molecule has 1 aromatic rings. The number of sulfonamides is 1. The van der Waals surface area contributed by atoms with E-state index in [4.69, 9.17) is 4.74 Å². The van der Waals surface area contributed by atoms with E-state index in [9.17, 15) is 8.42 Å². The quantitative estimate of drug-likeness (QED) is 0.779. The van der Waals surface area contributed by atoms with Gasteiger partial charge in [0.2, 0.25) is 10.0 Å². The fourth-order valence-electron chi connectivity index (χ4n) is 2.55. The van der Waals surface area contributed by atoms with Crippen molar-refractivity contribution >= 4 is 38.4 Å². The van der Waals surface area contributed by atoms with Gasteiger partial charge < -0.3 is 10.1 Å². The van der Waals surface area contributed by atoms with Crippen molar-refractivity contribution in [3.63, 3.8) is 0 Å². The lowest BCUT2D eigenvalue weighted by molar-refractivity contribution is 0.335. The molecule has 2 rings (SSSR count). The second-order valence-electron chi connectivity index (χ2n) is 5.06. The third-order valence-corrected chi connectivity index (χ3v) is 6.18. The minimum Gasteiger partial charge on any atom is -0.496 e. The lowest BCUT2D eigenvalue weighted by Gasteiger charge is -2.27. The molecule has 5 nitrogen and oxygen atoms in total. The molecule has 0 radical (unpaired) electrons. The summed E-state index contributed by atoms with van der Waals surface area (Å²) in [5.41, 5.74) is 0. The first kappa shape index (κ1) is 19.7. The maximum absolute atomic E-state index is 12.9. The van der Waals surface area contributed by atoms with E-state index in [1.165, 1.54) is 0 Å². The fourth-order valence-corrected chi connectivity index (χ4v) is 5.01. The highest BCUT2D eigenvalue weighted by atomic mass is 79.9. The van der Waals surface area contributed by atoms with Crippen LogP contribution in [-0.2, 0) is 10.0 Å². The highest BCUT2D eigenvalue weighted by Crippen LogP contribution is 2.30. The molecular formula is C14H22BrClN2O3S. The van der Waals surface area contributed by atoms with Crippen LogP contribution in [0.5, 0.6) is 5.75 Å². The SMILES string of the molecule is CCCN(C1CCNC1)S(=O)(=O)c1ccc(OC)c(Br)c1.Cl. The summed E-state index contributed by atoms with van der Waals surface area (Å²) in [4.78, 5) is 0.301. The Labute approximate surface area is 147 Å². The van der Waals surface area contributed by atoms with E-state index in [0.717, 1.165) is 25.9 Å². The van der Waals surface area contributed by atoms with Crippen LogP contribution in [-0.4, -0.2) is 45.5 Å². The van der Waals surface area contributed by atoms with Crippen LogP contribution in [0.25, 0.3) is 0 Å². The molecule has 0 saturated carbocycles. The van der Waals surface area contributed by atoms with Gasteiger partial charge in [-0.2, -0.15) is 4.31 Å². The molecule has 1 heterocycles. The summed E-state index contributed by atoms with van der Waals surface area (Å²) in [5.74, 6) is 0.624. The number of hydrogen-bond acceptors (Lipinski definition) is 4. The summed E-state index contributed by atoms with van der Waals surface area (Å²) in [6, 6.07) is 4.92. The largest absolute Gasteiger partial charge is 0.496 e. The van der Waals surface area contributed by atoms with E-state index >= 15 is 0 Å². The molecule has 1 aliphatic rings. The van der Waals surface area contributed by atoms with Crippen LogP contribution in [0, 0.1) is 0 Å². The summed E-state index contributed by atoms with van der Waals surface area (Å²) in [5, 5.41) is 3.23. The zero-order valence-corrected chi connectivity index (χ0v) is 15.9. The average molecular weight is 414 g/mol. The number of ether oxygens (including phenoxy) is 1. The van der Waals surface area contributed by atoms with Crippen LogP contribution in [0.4, 0.5) is 0 Å². The molecular weight excluding hydrogens is 392 g/mol. The number of benzene rings is 1. The van der Waals surface area contributed by atoms with Gasteiger partial charge in [-0.1, -0.05) is 6.92 Å². The molecule has 1 aliphatic heterocycles. The Morgan fingerprint density at radius 1 is 1.45 bits per heavy atom. The van der Waals surface area contributed by atoms with Crippen molar-refractivity contribution in [3.05, 3.63) is 22.7 Å². The normalized spacial score (nSPS) is 18.3. The second kappa shape index (κ2) is 8.49. The number of rotatable bonds is 6. The van der Waals surface area contributed by atoms with Gasteiger partial charge in [0.05, 0.1) is 16.5 Å². The van der Waals surface area contributed by atoms with Crippen molar-refractivity contribution in [2.24, 2.45) is 0 Å². The summed E-state index contributed by atoms with van der Waals surface area (Å²) in [7, 11) is -1.93. The van der Waals surface area contributed by atoms with Gasteiger partial charge in [-0.25, -0.2) is 8.42 Å². The Bertz CT molecular complexity index is 592. The smallest absolute Gasteiger partial charge is 0.243 e. The Balaban J connectivity index is 0.00000242.